The summed E-state index contributed by atoms with van der Waals surface area (Å²) in [5.74, 6) is 0.534. The fourth-order valence-corrected chi connectivity index (χ4v) is 3.72. The van der Waals surface area contributed by atoms with E-state index >= 15 is 0 Å². The molecule has 0 radical (unpaired) electrons. The minimum atomic E-state index is -0.208. The molecule has 0 aliphatic carbocycles. The number of benzene rings is 1. The molecule has 1 aliphatic rings. The predicted octanol–water partition coefficient (Wildman–Crippen LogP) is 3.24. The maximum atomic E-state index is 13.7. The minimum absolute atomic E-state index is 0. The summed E-state index contributed by atoms with van der Waals surface area (Å²) in [5, 5.41) is 10.9. The van der Waals surface area contributed by atoms with E-state index in [1.54, 1.807) is 30.5 Å². The molecule has 8 heteroatoms. The highest BCUT2D eigenvalue weighted by molar-refractivity contribution is 14.0. The van der Waals surface area contributed by atoms with E-state index in [4.69, 9.17) is 4.74 Å². The zero-order chi connectivity index (χ0) is 18.2. The van der Waals surface area contributed by atoms with Gasteiger partial charge >= 0.3 is 0 Å². The van der Waals surface area contributed by atoms with Crippen LogP contribution in [0.1, 0.15) is 17.2 Å². The van der Waals surface area contributed by atoms with Gasteiger partial charge in [0.15, 0.2) is 5.96 Å². The zero-order valence-corrected chi connectivity index (χ0v) is 18.5. The number of ether oxygens (including phenoxy) is 1. The smallest absolute Gasteiger partial charge is 0.191 e. The quantitative estimate of drug-likeness (QED) is 0.361. The maximum absolute atomic E-state index is 13.7. The van der Waals surface area contributed by atoms with Crippen molar-refractivity contribution in [2.45, 2.75) is 12.6 Å². The van der Waals surface area contributed by atoms with Gasteiger partial charge in [-0.25, -0.2) is 4.39 Å². The Bertz CT molecular complexity index is 707. The maximum Gasteiger partial charge on any atom is 0.191 e. The lowest BCUT2D eigenvalue weighted by Gasteiger charge is -2.35. The SMILES string of the molecule is CN=C(NCc1ccsc1)NCC(c1cccc(F)c1)N1CCOCC1.I. The van der Waals surface area contributed by atoms with Crippen molar-refractivity contribution < 1.29 is 9.13 Å². The predicted molar refractivity (Wildman–Crippen MR) is 119 cm³/mol. The molecule has 1 aliphatic heterocycles. The fraction of sp³-hybridized carbons (Fsp3) is 0.421. The summed E-state index contributed by atoms with van der Waals surface area (Å²) in [7, 11) is 1.76. The molecule has 0 spiro atoms. The summed E-state index contributed by atoms with van der Waals surface area (Å²) in [6.07, 6.45) is 0. The van der Waals surface area contributed by atoms with E-state index in [-0.39, 0.29) is 35.8 Å². The molecule has 1 fully saturated rings. The molecular weight excluding hydrogens is 478 g/mol. The van der Waals surface area contributed by atoms with Crippen LogP contribution in [0.5, 0.6) is 0 Å². The number of halogens is 2. The molecule has 0 amide bonds. The van der Waals surface area contributed by atoms with Crippen LogP contribution in [0.15, 0.2) is 46.1 Å². The number of hydrogen-bond donors (Lipinski definition) is 2. The second-order valence-corrected chi connectivity index (χ2v) is 6.94. The molecule has 0 bridgehead atoms. The van der Waals surface area contributed by atoms with Crippen LogP contribution in [-0.4, -0.2) is 50.8 Å². The molecule has 3 rings (SSSR count). The topological polar surface area (TPSA) is 48.9 Å². The summed E-state index contributed by atoms with van der Waals surface area (Å²) < 4.78 is 19.2. The summed E-state index contributed by atoms with van der Waals surface area (Å²) in [6, 6.07) is 9.00. The van der Waals surface area contributed by atoms with Gasteiger partial charge in [0.1, 0.15) is 5.82 Å². The van der Waals surface area contributed by atoms with Gasteiger partial charge in [0.05, 0.1) is 19.3 Å². The van der Waals surface area contributed by atoms with Crippen LogP contribution in [0.2, 0.25) is 0 Å². The lowest BCUT2D eigenvalue weighted by Crippen LogP contribution is -2.46. The van der Waals surface area contributed by atoms with Crippen LogP contribution in [0.4, 0.5) is 4.39 Å². The number of nitrogens with one attached hydrogen (secondary N) is 2. The van der Waals surface area contributed by atoms with Crippen molar-refractivity contribution in [2.24, 2.45) is 4.99 Å². The van der Waals surface area contributed by atoms with Crippen molar-refractivity contribution in [2.75, 3.05) is 39.9 Å². The first-order valence-electron chi connectivity index (χ1n) is 8.79. The number of hydrogen-bond acceptors (Lipinski definition) is 4. The van der Waals surface area contributed by atoms with Crippen LogP contribution >= 0.6 is 35.3 Å². The van der Waals surface area contributed by atoms with Gasteiger partial charge in [-0.1, -0.05) is 12.1 Å². The third-order valence-corrected chi connectivity index (χ3v) is 5.18. The fourth-order valence-electron chi connectivity index (χ4n) is 3.05. The van der Waals surface area contributed by atoms with Crippen molar-refractivity contribution in [3.63, 3.8) is 0 Å². The van der Waals surface area contributed by atoms with Gasteiger partial charge in [-0.15, -0.1) is 24.0 Å². The van der Waals surface area contributed by atoms with Crippen molar-refractivity contribution in [3.8, 4) is 0 Å². The molecule has 2 N–H and O–H groups in total. The summed E-state index contributed by atoms with van der Waals surface area (Å²) in [5.41, 5.74) is 2.19. The second-order valence-electron chi connectivity index (χ2n) is 6.16. The standard InChI is InChI=1S/C19H25FN4OS.HI/c1-21-19(22-12-15-5-10-26-14-15)23-13-18(24-6-8-25-9-7-24)16-3-2-4-17(20)11-16;/h2-5,10-11,14,18H,6-9,12-13H2,1H3,(H2,21,22,23);1H. The van der Waals surface area contributed by atoms with Crippen LogP contribution < -0.4 is 10.6 Å². The molecule has 2 aromatic rings. The van der Waals surface area contributed by atoms with Crippen LogP contribution in [-0.2, 0) is 11.3 Å². The number of rotatable bonds is 6. The van der Waals surface area contributed by atoms with Gasteiger partial charge in [-0.05, 0) is 40.1 Å². The average Bonchev–Trinajstić information content (AvgIpc) is 3.19. The van der Waals surface area contributed by atoms with Crippen molar-refractivity contribution in [1.29, 1.82) is 0 Å². The second kappa shape index (κ2) is 11.6. The number of thiophene rings is 1. The Morgan fingerprint density at radius 2 is 2.11 bits per heavy atom. The summed E-state index contributed by atoms with van der Waals surface area (Å²) >= 11 is 1.68. The first-order valence-corrected chi connectivity index (χ1v) is 9.73. The Hall–Kier alpha value is -1.23. The van der Waals surface area contributed by atoms with Gasteiger partial charge in [-0.2, -0.15) is 11.3 Å². The molecule has 2 heterocycles. The number of morpholine rings is 1. The van der Waals surface area contributed by atoms with E-state index in [1.165, 1.54) is 11.6 Å². The molecule has 0 saturated carbocycles. The molecule has 5 nitrogen and oxygen atoms in total. The van der Waals surface area contributed by atoms with E-state index in [2.05, 4.69) is 37.4 Å². The van der Waals surface area contributed by atoms with E-state index in [0.717, 1.165) is 31.2 Å². The normalized spacial score (nSPS) is 16.4. The van der Waals surface area contributed by atoms with E-state index < -0.39 is 0 Å². The number of guanidine groups is 1. The van der Waals surface area contributed by atoms with Crippen molar-refractivity contribution >= 4 is 41.3 Å². The Balaban J connectivity index is 0.00000261. The van der Waals surface area contributed by atoms with E-state index in [1.807, 2.05) is 6.07 Å². The van der Waals surface area contributed by atoms with Crippen LogP contribution in [0, 0.1) is 5.82 Å². The Morgan fingerprint density at radius 1 is 1.30 bits per heavy atom. The Morgan fingerprint density at radius 3 is 2.78 bits per heavy atom. The van der Waals surface area contributed by atoms with E-state index in [9.17, 15) is 4.39 Å². The molecule has 1 unspecified atom stereocenters. The Kier molecular flexibility index (Phi) is 9.46. The minimum Gasteiger partial charge on any atom is -0.379 e. The zero-order valence-electron chi connectivity index (χ0n) is 15.4. The van der Waals surface area contributed by atoms with E-state index in [0.29, 0.717) is 19.8 Å². The molecule has 1 aromatic carbocycles. The number of nitrogens with zero attached hydrogens (tertiary/aromatic N) is 2. The van der Waals surface area contributed by atoms with Crippen molar-refractivity contribution in [1.82, 2.24) is 15.5 Å². The average molecular weight is 504 g/mol. The highest BCUT2D eigenvalue weighted by atomic mass is 127. The highest BCUT2D eigenvalue weighted by Gasteiger charge is 2.23. The highest BCUT2D eigenvalue weighted by Crippen LogP contribution is 2.22. The lowest BCUT2D eigenvalue weighted by atomic mass is 10.0. The third-order valence-electron chi connectivity index (χ3n) is 4.45. The first-order chi connectivity index (χ1) is 12.8. The molecule has 1 atom stereocenters. The summed E-state index contributed by atoms with van der Waals surface area (Å²) in [4.78, 5) is 6.63. The van der Waals surface area contributed by atoms with Gasteiger partial charge in [0.25, 0.3) is 0 Å². The largest absolute Gasteiger partial charge is 0.379 e. The van der Waals surface area contributed by atoms with Gasteiger partial charge in [-0.3, -0.25) is 9.89 Å². The van der Waals surface area contributed by atoms with Crippen LogP contribution in [0.25, 0.3) is 0 Å². The number of aliphatic imine (C=N–C) groups is 1. The van der Waals surface area contributed by atoms with Gasteiger partial charge < -0.3 is 15.4 Å². The third kappa shape index (κ3) is 6.70. The lowest BCUT2D eigenvalue weighted by molar-refractivity contribution is 0.0169. The molecular formula is C19H26FIN4OS. The molecule has 1 saturated heterocycles. The van der Waals surface area contributed by atoms with Crippen molar-refractivity contribution in [3.05, 3.63) is 58.0 Å². The van der Waals surface area contributed by atoms with Crippen LogP contribution in [0.3, 0.4) is 0 Å². The van der Waals surface area contributed by atoms with Gasteiger partial charge in [0.2, 0.25) is 0 Å². The monoisotopic (exact) mass is 504 g/mol. The Labute approximate surface area is 181 Å². The van der Waals surface area contributed by atoms with Gasteiger partial charge in [0, 0.05) is 33.2 Å². The first kappa shape index (κ1) is 22.1. The molecule has 1 aromatic heterocycles. The summed E-state index contributed by atoms with van der Waals surface area (Å²) in [6.45, 7) is 4.46. The molecule has 148 valence electrons. The molecule has 27 heavy (non-hydrogen) atoms.